The van der Waals surface area contributed by atoms with Gasteiger partial charge in [0, 0.05) is 28.9 Å². The van der Waals surface area contributed by atoms with Crippen molar-refractivity contribution in [3.8, 4) is 0 Å². The van der Waals surface area contributed by atoms with E-state index in [1.54, 1.807) is 24.3 Å². The Kier molecular flexibility index (Phi) is 4.53. The third-order valence-electron chi connectivity index (χ3n) is 2.91. The number of benzene rings is 1. The summed E-state index contributed by atoms with van der Waals surface area (Å²) in [7, 11) is 0. The summed E-state index contributed by atoms with van der Waals surface area (Å²) >= 11 is 12.0. The molecule has 0 bridgehead atoms. The maximum absolute atomic E-state index is 9.99. The predicted octanol–water partition coefficient (Wildman–Crippen LogP) is 4.74. The Labute approximate surface area is 127 Å². The summed E-state index contributed by atoms with van der Waals surface area (Å²) in [5.41, 5.74) is 8.64. The van der Waals surface area contributed by atoms with E-state index in [9.17, 15) is 5.11 Å². The highest BCUT2D eigenvalue weighted by Crippen LogP contribution is 2.26. The molecule has 0 atom stereocenters. The van der Waals surface area contributed by atoms with Crippen molar-refractivity contribution >= 4 is 40.8 Å². The van der Waals surface area contributed by atoms with Gasteiger partial charge in [-0.1, -0.05) is 29.3 Å². The molecule has 0 amide bonds. The summed E-state index contributed by atoms with van der Waals surface area (Å²) in [6.45, 7) is 1.91. The van der Waals surface area contributed by atoms with Crippen LogP contribution < -0.4 is 5.73 Å². The second-order valence-electron chi connectivity index (χ2n) is 4.45. The quantitative estimate of drug-likeness (QED) is 0.612. The van der Waals surface area contributed by atoms with Gasteiger partial charge in [0.15, 0.2) is 0 Å². The zero-order chi connectivity index (χ0) is 14.7. The molecule has 0 fully saturated rings. The van der Waals surface area contributed by atoms with Crippen LogP contribution in [-0.4, -0.2) is 11.3 Å². The van der Waals surface area contributed by atoms with E-state index in [-0.39, 0.29) is 5.76 Å². The summed E-state index contributed by atoms with van der Waals surface area (Å²) in [5.74, 6) is -0.00511. The fourth-order valence-corrected chi connectivity index (χ4v) is 2.08. The van der Waals surface area contributed by atoms with Crippen LogP contribution in [0.5, 0.6) is 0 Å². The number of halogens is 2. The lowest BCUT2D eigenvalue weighted by molar-refractivity contribution is 0.425. The number of aliphatic imine (C=N–C) groups is 1. The second kappa shape index (κ2) is 6.16. The van der Waals surface area contributed by atoms with Gasteiger partial charge >= 0.3 is 0 Å². The molecule has 0 saturated carbocycles. The number of nitrogen functional groups attached to an aromatic ring is 1. The van der Waals surface area contributed by atoms with Crippen LogP contribution in [0.25, 0.3) is 0 Å². The van der Waals surface area contributed by atoms with Crippen LogP contribution in [0.1, 0.15) is 12.0 Å². The molecule has 1 aliphatic carbocycles. The molecule has 3 N–H and O–H groups in total. The fraction of sp³-hybridized carbons (Fsp3) is 0.133. The predicted molar refractivity (Wildman–Crippen MR) is 85.9 cm³/mol. The van der Waals surface area contributed by atoms with Crippen molar-refractivity contribution in [2.24, 2.45) is 4.99 Å². The number of hydrogen-bond acceptors (Lipinski definition) is 3. The van der Waals surface area contributed by atoms with Crippen LogP contribution in [0.3, 0.4) is 0 Å². The molecular weight excluding hydrogens is 295 g/mol. The molecule has 0 spiro atoms. The molecule has 2 rings (SSSR count). The molecule has 0 aliphatic heterocycles. The first-order chi connectivity index (χ1) is 9.47. The Morgan fingerprint density at radius 1 is 1.35 bits per heavy atom. The Balaban J connectivity index is 2.31. The molecule has 5 heteroatoms. The van der Waals surface area contributed by atoms with E-state index in [4.69, 9.17) is 28.9 Å². The molecule has 104 valence electrons. The summed E-state index contributed by atoms with van der Waals surface area (Å²) in [6.07, 6.45) is 5.29. The Bertz CT molecular complexity index is 658. The second-order valence-corrected chi connectivity index (χ2v) is 5.34. The number of hydrogen-bond donors (Lipinski definition) is 2. The SMILES string of the molecule is Cc1cc(N=CC2=CC(Cl)=CCC(Cl)=C2O)ccc1N. The van der Waals surface area contributed by atoms with Crippen LogP contribution in [-0.2, 0) is 0 Å². The maximum Gasteiger partial charge on any atom is 0.139 e. The number of allylic oxidation sites excluding steroid dienone is 5. The van der Waals surface area contributed by atoms with Crippen LogP contribution in [0, 0.1) is 6.92 Å². The topological polar surface area (TPSA) is 58.6 Å². The van der Waals surface area contributed by atoms with Crippen molar-refractivity contribution < 1.29 is 5.11 Å². The molecular formula is C15H14Cl2N2O. The third-order valence-corrected chi connectivity index (χ3v) is 3.50. The van der Waals surface area contributed by atoms with Gasteiger partial charge < -0.3 is 10.8 Å². The minimum atomic E-state index is -0.00511. The molecule has 20 heavy (non-hydrogen) atoms. The van der Waals surface area contributed by atoms with E-state index in [0.29, 0.717) is 22.1 Å². The zero-order valence-electron chi connectivity index (χ0n) is 10.9. The van der Waals surface area contributed by atoms with E-state index in [1.807, 2.05) is 13.0 Å². The van der Waals surface area contributed by atoms with Gasteiger partial charge in [-0.2, -0.15) is 0 Å². The van der Waals surface area contributed by atoms with Gasteiger partial charge in [0.25, 0.3) is 0 Å². The van der Waals surface area contributed by atoms with E-state index < -0.39 is 0 Å². The van der Waals surface area contributed by atoms with E-state index >= 15 is 0 Å². The first-order valence-corrected chi connectivity index (χ1v) is 6.78. The summed E-state index contributed by atoms with van der Waals surface area (Å²) < 4.78 is 0. The number of nitrogens with two attached hydrogens (primary N) is 1. The van der Waals surface area contributed by atoms with Gasteiger partial charge in [-0.05, 0) is 36.8 Å². The Morgan fingerprint density at radius 3 is 2.80 bits per heavy atom. The maximum atomic E-state index is 9.99. The molecule has 0 saturated heterocycles. The van der Waals surface area contributed by atoms with Gasteiger partial charge in [-0.3, -0.25) is 4.99 Å². The average molecular weight is 309 g/mol. The van der Waals surface area contributed by atoms with Gasteiger partial charge in [0.2, 0.25) is 0 Å². The highest BCUT2D eigenvalue weighted by atomic mass is 35.5. The first kappa shape index (κ1) is 14.7. The van der Waals surface area contributed by atoms with Crippen LogP contribution in [0.2, 0.25) is 0 Å². The molecule has 1 aliphatic rings. The number of aryl methyl sites for hydroxylation is 1. The van der Waals surface area contributed by atoms with Crippen molar-refractivity contribution in [2.45, 2.75) is 13.3 Å². The number of aliphatic hydroxyl groups excluding tert-OH is 1. The van der Waals surface area contributed by atoms with E-state index in [2.05, 4.69) is 4.99 Å². The summed E-state index contributed by atoms with van der Waals surface area (Å²) in [6, 6.07) is 5.46. The number of rotatable bonds is 2. The molecule has 0 unspecified atom stereocenters. The number of nitrogens with zero attached hydrogens (tertiary/aromatic N) is 1. The largest absolute Gasteiger partial charge is 0.506 e. The number of anilines is 1. The van der Waals surface area contributed by atoms with Crippen molar-refractivity contribution in [1.82, 2.24) is 0 Å². The lowest BCUT2D eigenvalue weighted by Gasteiger charge is -2.03. The lowest BCUT2D eigenvalue weighted by atomic mass is 10.2. The molecule has 0 aromatic heterocycles. The van der Waals surface area contributed by atoms with Crippen LogP contribution >= 0.6 is 23.2 Å². The van der Waals surface area contributed by atoms with Crippen LogP contribution in [0.4, 0.5) is 11.4 Å². The lowest BCUT2D eigenvalue weighted by Crippen LogP contribution is -1.92. The van der Waals surface area contributed by atoms with E-state index in [0.717, 1.165) is 16.9 Å². The van der Waals surface area contributed by atoms with Crippen molar-refractivity contribution in [3.05, 3.63) is 57.3 Å². The monoisotopic (exact) mass is 308 g/mol. The normalized spacial score (nSPS) is 16.1. The highest BCUT2D eigenvalue weighted by Gasteiger charge is 2.11. The number of aliphatic hydroxyl groups is 1. The zero-order valence-corrected chi connectivity index (χ0v) is 12.4. The van der Waals surface area contributed by atoms with Gasteiger partial charge in [0.1, 0.15) is 5.76 Å². The highest BCUT2D eigenvalue weighted by molar-refractivity contribution is 6.33. The molecule has 3 nitrogen and oxygen atoms in total. The van der Waals surface area contributed by atoms with Crippen molar-refractivity contribution in [3.63, 3.8) is 0 Å². The van der Waals surface area contributed by atoms with Crippen molar-refractivity contribution in [1.29, 1.82) is 0 Å². The summed E-state index contributed by atoms with van der Waals surface area (Å²) in [4.78, 5) is 4.31. The standard InChI is InChI=1S/C15H14Cl2N2O/c1-9-6-12(3-5-14(9)18)19-8-10-7-11(16)2-4-13(17)15(10)20/h2-3,5-8,20H,4,18H2,1H3. The Hall–Kier alpha value is -1.71. The minimum Gasteiger partial charge on any atom is -0.506 e. The third kappa shape index (κ3) is 3.44. The van der Waals surface area contributed by atoms with Crippen LogP contribution in [0.15, 0.2) is 56.7 Å². The molecule has 1 aromatic carbocycles. The average Bonchev–Trinajstić information content (AvgIpc) is 2.54. The molecule has 1 aromatic rings. The molecule has 0 heterocycles. The summed E-state index contributed by atoms with van der Waals surface area (Å²) in [5, 5.41) is 10.8. The first-order valence-electron chi connectivity index (χ1n) is 6.03. The van der Waals surface area contributed by atoms with Gasteiger partial charge in [0.05, 0.1) is 10.7 Å². The molecule has 0 radical (unpaired) electrons. The van der Waals surface area contributed by atoms with Gasteiger partial charge in [-0.25, -0.2) is 0 Å². The van der Waals surface area contributed by atoms with E-state index in [1.165, 1.54) is 6.21 Å². The smallest absolute Gasteiger partial charge is 0.139 e. The fourth-order valence-electron chi connectivity index (χ4n) is 1.70. The van der Waals surface area contributed by atoms with Gasteiger partial charge in [-0.15, -0.1) is 0 Å². The van der Waals surface area contributed by atoms with Crippen molar-refractivity contribution in [2.75, 3.05) is 5.73 Å². The Morgan fingerprint density at radius 2 is 2.10 bits per heavy atom. The minimum absolute atomic E-state index is 0.00511.